The van der Waals surface area contributed by atoms with Crippen LogP contribution in [0.25, 0.3) is 0 Å². The molecule has 6 nitrogen and oxygen atoms in total. The van der Waals surface area contributed by atoms with E-state index in [4.69, 9.17) is 9.47 Å². The Morgan fingerprint density at radius 3 is 2.58 bits per heavy atom. The van der Waals surface area contributed by atoms with E-state index in [1.165, 1.54) is 0 Å². The summed E-state index contributed by atoms with van der Waals surface area (Å²) in [5.41, 5.74) is -0.218. The topological polar surface area (TPSA) is 59.1 Å². The molecule has 134 valence electrons. The number of hydrogen-bond donors (Lipinski definition) is 0. The summed E-state index contributed by atoms with van der Waals surface area (Å²) in [7, 11) is 0. The van der Waals surface area contributed by atoms with Gasteiger partial charge in [0.05, 0.1) is 19.7 Å². The van der Waals surface area contributed by atoms with Crippen molar-refractivity contribution in [1.29, 1.82) is 0 Å². The van der Waals surface area contributed by atoms with E-state index in [0.717, 1.165) is 45.4 Å². The molecule has 0 radical (unpaired) electrons. The molecule has 24 heavy (non-hydrogen) atoms. The first-order valence-electron chi connectivity index (χ1n) is 9.37. The third-order valence-electron chi connectivity index (χ3n) is 6.26. The molecular weight excluding hydrogens is 308 g/mol. The molecule has 3 atom stereocenters. The lowest BCUT2D eigenvalue weighted by molar-refractivity contribution is -0.170. The third-order valence-corrected chi connectivity index (χ3v) is 6.26. The SMILES string of the molecule is C[C@@H]1C[C@@H]1C(=O)N1CC2(C1)OCC[C@@H]2COCC(=O)N1CCCC1. The van der Waals surface area contributed by atoms with Crippen molar-refractivity contribution in [2.24, 2.45) is 17.8 Å². The van der Waals surface area contributed by atoms with Gasteiger partial charge in [0.15, 0.2) is 0 Å². The molecule has 0 aromatic rings. The summed E-state index contributed by atoms with van der Waals surface area (Å²) in [6.07, 6.45) is 4.21. The van der Waals surface area contributed by atoms with E-state index in [1.807, 2.05) is 9.80 Å². The Balaban J connectivity index is 1.22. The van der Waals surface area contributed by atoms with Crippen LogP contribution in [0.3, 0.4) is 0 Å². The number of carbonyl (C=O) groups excluding carboxylic acids is 2. The van der Waals surface area contributed by atoms with E-state index >= 15 is 0 Å². The van der Waals surface area contributed by atoms with Crippen molar-refractivity contribution >= 4 is 11.8 Å². The summed E-state index contributed by atoms with van der Waals surface area (Å²) in [5, 5.41) is 0. The first kappa shape index (κ1) is 16.3. The summed E-state index contributed by atoms with van der Waals surface area (Å²) < 4.78 is 11.7. The maximum atomic E-state index is 12.3. The molecule has 0 N–H and O–H groups in total. The van der Waals surface area contributed by atoms with Gasteiger partial charge < -0.3 is 19.3 Å². The predicted octanol–water partition coefficient (Wildman–Crippen LogP) is 0.899. The fraction of sp³-hybridized carbons (Fsp3) is 0.889. The highest BCUT2D eigenvalue weighted by Gasteiger charge is 2.56. The zero-order valence-electron chi connectivity index (χ0n) is 14.5. The summed E-state index contributed by atoms with van der Waals surface area (Å²) >= 11 is 0. The summed E-state index contributed by atoms with van der Waals surface area (Å²) in [6.45, 7) is 6.74. The van der Waals surface area contributed by atoms with Crippen molar-refractivity contribution in [2.45, 2.75) is 38.2 Å². The van der Waals surface area contributed by atoms with E-state index in [9.17, 15) is 9.59 Å². The Kier molecular flexibility index (Phi) is 4.29. The van der Waals surface area contributed by atoms with Gasteiger partial charge in [-0.15, -0.1) is 0 Å². The highest BCUT2D eigenvalue weighted by atomic mass is 16.5. The van der Waals surface area contributed by atoms with Crippen LogP contribution in [0.5, 0.6) is 0 Å². The van der Waals surface area contributed by atoms with Crippen LogP contribution in [0, 0.1) is 17.8 Å². The lowest BCUT2D eigenvalue weighted by atomic mass is 9.81. The average Bonchev–Trinajstić information content (AvgIpc) is 2.97. The molecule has 0 aromatic heterocycles. The number of rotatable bonds is 5. The molecular formula is C18H28N2O4. The Bertz CT molecular complexity index is 511. The zero-order valence-corrected chi connectivity index (χ0v) is 14.5. The number of amides is 2. The van der Waals surface area contributed by atoms with Crippen LogP contribution < -0.4 is 0 Å². The van der Waals surface area contributed by atoms with Crippen LogP contribution in [0.4, 0.5) is 0 Å². The standard InChI is InChI=1S/C18H28N2O4/c1-13-8-15(13)17(22)20-11-18(12-20)14(4-7-24-18)9-23-10-16(21)19-5-2-3-6-19/h13-15H,2-12H2,1H3/t13-,14-,15+/m1/s1. The van der Waals surface area contributed by atoms with Gasteiger partial charge in [-0.3, -0.25) is 9.59 Å². The second-order valence-corrected chi connectivity index (χ2v) is 8.02. The molecule has 0 unspecified atom stereocenters. The lowest BCUT2D eigenvalue weighted by Gasteiger charge is -2.50. The summed E-state index contributed by atoms with van der Waals surface area (Å²) in [4.78, 5) is 28.2. The molecule has 0 aromatic carbocycles. The van der Waals surface area contributed by atoms with Crippen LogP contribution in [-0.2, 0) is 19.1 Å². The van der Waals surface area contributed by atoms with Gasteiger partial charge in [-0.1, -0.05) is 6.92 Å². The molecule has 1 spiro atoms. The minimum atomic E-state index is -0.218. The first-order chi connectivity index (χ1) is 11.6. The molecule has 3 heterocycles. The lowest BCUT2D eigenvalue weighted by Crippen LogP contribution is -2.67. The smallest absolute Gasteiger partial charge is 0.248 e. The van der Waals surface area contributed by atoms with Crippen molar-refractivity contribution < 1.29 is 19.1 Å². The number of hydrogen-bond acceptors (Lipinski definition) is 4. The van der Waals surface area contributed by atoms with Crippen molar-refractivity contribution in [3.8, 4) is 0 Å². The van der Waals surface area contributed by atoms with E-state index < -0.39 is 0 Å². The number of carbonyl (C=O) groups is 2. The highest BCUT2D eigenvalue weighted by molar-refractivity contribution is 5.82. The van der Waals surface area contributed by atoms with Crippen molar-refractivity contribution in [1.82, 2.24) is 9.80 Å². The summed E-state index contributed by atoms with van der Waals surface area (Å²) in [5.74, 6) is 1.50. The highest BCUT2D eigenvalue weighted by Crippen LogP contribution is 2.45. The van der Waals surface area contributed by atoms with E-state index in [0.29, 0.717) is 37.4 Å². The second-order valence-electron chi connectivity index (χ2n) is 8.02. The van der Waals surface area contributed by atoms with Crippen molar-refractivity contribution in [3.05, 3.63) is 0 Å². The fourth-order valence-electron chi connectivity index (χ4n) is 4.37. The molecule has 6 heteroatoms. The summed E-state index contributed by atoms with van der Waals surface area (Å²) in [6, 6.07) is 0. The minimum absolute atomic E-state index is 0.105. The fourth-order valence-corrected chi connectivity index (χ4v) is 4.37. The first-order valence-corrected chi connectivity index (χ1v) is 9.37. The van der Waals surface area contributed by atoms with Gasteiger partial charge >= 0.3 is 0 Å². The monoisotopic (exact) mass is 336 g/mol. The van der Waals surface area contributed by atoms with Crippen LogP contribution in [0.1, 0.15) is 32.6 Å². The van der Waals surface area contributed by atoms with Gasteiger partial charge in [-0.25, -0.2) is 0 Å². The Hall–Kier alpha value is -1.14. The Morgan fingerprint density at radius 1 is 1.21 bits per heavy atom. The normalized spacial score (nSPS) is 33.8. The van der Waals surface area contributed by atoms with Crippen LogP contribution in [-0.4, -0.2) is 73.2 Å². The Labute approximate surface area is 143 Å². The molecule has 1 saturated carbocycles. The van der Waals surface area contributed by atoms with Crippen LogP contribution >= 0.6 is 0 Å². The maximum absolute atomic E-state index is 12.3. The number of ether oxygens (including phenoxy) is 2. The average molecular weight is 336 g/mol. The maximum Gasteiger partial charge on any atom is 0.248 e. The third kappa shape index (κ3) is 2.94. The van der Waals surface area contributed by atoms with Gasteiger partial charge in [-0.2, -0.15) is 0 Å². The Morgan fingerprint density at radius 2 is 1.92 bits per heavy atom. The van der Waals surface area contributed by atoms with Gasteiger partial charge in [0, 0.05) is 31.5 Å². The minimum Gasteiger partial charge on any atom is -0.371 e. The van der Waals surface area contributed by atoms with E-state index in [-0.39, 0.29) is 24.0 Å². The molecule has 3 saturated heterocycles. The quantitative estimate of drug-likeness (QED) is 0.748. The zero-order chi connectivity index (χ0) is 16.7. The molecule has 4 fully saturated rings. The molecule has 0 bridgehead atoms. The van der Waals surface area contributed by atoms with Gasteiger partial charge in [-0.05, 0) is 31.6 Å². The number of likely N-dealkylation sites (tertiary alicyclic amines) is 2. The van der Waals surface area contributed by atoms with Crippen molar-refractivity contribution in [3.63, 3.8) is 0 Å². The second kappa shape index (κ2) is 6.30. The van der Waals surface area contributed by atoms with Crippen LogP contribution in [0.2, 0.25) is 0 Å². The molecule has 4 rings (SSSR count). The van der Waals surface area contributed by atoms with Gasteiger partial charge in [0.2, 0.25) is 11.8 Å². The largest absolute Gasteiger partial charge is 0.371 e. The van der Waals surface area contributed by atoms with Crippen molar-refractivity contribution in [2.75, 3.05) is 46.0 Å². The van der Waals surface area contributed by atoms with E-state index in [2.05, 4.69) is 6.92 Å². The van der Waals surface area contributed by atoms with Gasteiger partial charge in [0.25, 0.3) is 0 Å². The van der Waals surface area contributed by atoms with Crippen LogP contribution in [0.15, 0.2) is 0 Å². The van der Waals surface area contributed by atoms with Gasteiger partial charge in [0.1, 0.15) is 12.2 Å². The molecule has 1 aliphatic carbocycles. The molecule has 4 aliphatic rings. The predicted molar refractivity (Wildman–Crippen MR) is 87.3 cm³/mol. The van der Waals surface area contributed by atoms with E-state index in [1.54, 1.807) is 0 Å². The number of nitrogens with zero attached hydrogens (tertiary/aromatic N) is 2. The molecule has 3 aliphatic heterocycles. The molecule has 2 amide bonds.